The fraction of sp³-hybridized carbons (Fsp3) is 0.318. The number of carbonyl (C=O) groups excluding carboxylic acids is 1. The van der Waals surface area contributed by atoms with Gasteiger partial charge in [-0.15, -0.1) is 0 Å². The highest BCUT2D eigenvalue weighted by atomic mass is 19.4. The summed E-state index contributed by atoms with van der Waals surface area (Å²) in [7, 11) is 0. The number of rotatable bonds is 10. The van der Waals surface area contributed by atoms with Gasteiger partial charge in [0.1, 0.15) is 5.82 Å². The van der Waals surface area contributed by atoms with Gasteiger partial charge in [-0.2, -0.15) is 18.3 Å². The summed E-state index contributed by atoms with van der Waals surface area (Å²) in [5, 5.41) is 18.1. The van der Waals surface area contributed by atoms with Gasteiger partial charge in [-0.05, 0) is 30.2 Å². The van der Waals surface area contributed by atoms with Crippen LogP contribution in [0.5, 0.6) is 0 Å². The minimum Gasteiger partial charge on any atom is -0.481 e. The highest BCUT2D eigenvalue weighted by molar-refractivity contribution is 5.94. The Kier molecular flexibility index (Phi) is 7.82. The van der Waals surface area contributed by atoms with Gasteiger partial charge in [0.2, 0.25) is 0 Å². The number of alkyl halides is 3. The first-order valence-corrected chi connectivity index (χ1v) is 10.5. The molecule has 0 fully saturated rings. The number of hydrogen-bond donors (Lipinski definition) is 3. The molecule has 1 atom stereocenters. The number of carbonyl (C=O) groups is 2. The second-order valence-corrected chi connectivity index (χ2v) is 7.44. The van der Waals surface area contributed by atoms with Gasteiger partial charge in [0.05, 0.1) is 29.8 Å². The zero-order valence-electron chi connectivity index (χ0n) is 18.2. The Morgan fingerprint density at radius 3 is 2.47 bits per heavy atom. The number of carboxylic acids is 1. The Morgan fingerprint density at radius 1 is 1.12 bits per heavy atom. The van der Waals surface area contributed by atoms with E-state index in [9.17, 15) is 22.8 Å². The number of hydrogen-bond acceptors (Lipinski definition) is 6. The van der Waals surface area contributed by atoms with Crippen molar-refractivity contribution in [1.82, 2.24) is 25.1 Å². The summed E-state index contributed by atoms with van der Waals surface area (Å²) < 4.78 is 39.5. The van der Waals surface area contributed by atoms with Crippen molar-refractivity contribution in [3.63, 3.8) is 0 Å². The minimum atomic E-state index is -4.48. The molecule has 0 spiro atoms. The van der Waals surface area contributed by atoms with E-state index in [1.807, 2.05) is 6.92 Å². The van der Waals surface area contributed by atoms with Gasteiger partial charge < -0.3 is 15.7 Å². The first-order chi connectivity index (χ1) is 16.2. The third-order valence-corrected chi connectivity index (χ3v) is 4.87. The maximum Gasteiger partial charge on any atom is 0.419 e. The summed E-state index contributed by atoms with van der Waals surface area (Å²) in [4.78, 5) is 31.1. The molecule has 0 aliphatic heterocycles. The van der Waals surface area contributed by atoms with Crippen molar-refractivity contribution in [2.75, 3.05) is 11.9 Å². The van der Waals surface area contributed by atoms with E-state index >= 15 is 0 Å². The highest BCUT2D eigenvalue weighted by Crippen LogP contribution is 2.29. The van der Waals surface area contributed by atoms with Crippen LogP contribution in [0.15, 0.2) is 49.1 Å². The van der Waals surface area contributed by atoms with Crippen LogP contribution in [-0.4, -0.2) is 43.3 Å². The highest BCUT2D eigenvalue weighted by Gasteiger charge is 2.32. The number of carboxylic acid groups (broad SMARTS) is 1. The molecular formula is C22H23F3N6O3. The third kappa shape index (κ3) is 6.53. The zero-order valence-corrected chi connectivity index (χ0v) is 18.2. The summed E-state index contributed by atoms with van der Waals surface area (Å²) in [6.45, 7) is 2.03. The lowest BCUT2D eigenvalue weighted by Gasteiger charge is -2.19. The molecule has 0 aliphatic rings. The topological polar surface area (TPSA) is 122 Å². The summed E-state index contributed by atoms with van der Waals surface area (Å²) in [6, 6.07) is 6.39. The van der Waals surface area contributed by atoms with Gasteiger partial charge in [-0.25, -0.2) is 14.6 Å². The summed E-state index contributed by atoms with van der Waals surface area (Å²) in [5.41, 5.74) is 0.256. The van der Waals surface area contributed by atoms with Gasteiger partial charge in [0.15, 0.2) is 5.82 Å². The van der Waals surface area contributed by atoms with E-state index < -0.39 is 23.6 Å². The van der Waals surface area contributed by atoms with E-state index in [2.05, 4.69) is 25.7 Å². The van der Waals surface area contributed by atoms with E-state index in [-0.39, 0.29) is 24.8 Å². The molecule has 0 aromatic carbocycles. The average Bonchev–Trinajstić information content (AvgIpc) is 3.30. The van der Waals surface area contributed by atoms with Crippen molar-refractivity contribution < 1.29 is 27.9 Å². The molecule has 0 bridgehead atoms. The second kappa shape index (κ2) is 10.8. The predicted molar refractivity (Wildman–Crippen MR) is 116 cm³/mol. The predicted octanol–water partition coefficient (Wildman–Crippen LogP) is 3.84. The third-order valence-electron chi connectivity index (χ3n) is 4.87. The zero-order chi connectivity index (χ0) is 24.7. The molecule has 3 aromatic heterocycles. The molecule has 180 valence electrons. The van der Waals surface area contributed by atoms with Crippen molar-refractivity contribution in [2.45, 2.75) is 38.4 Å². The lowest BCUT2D eigenvalue weighted by molar-refractivity contribution is -0.138. The fourth-order valence-electron chi connectivity index (χ4n) is 3.12. The minimum absolute atomic E-state index is 0.0196. The van der Waals surface area contributed by atoms with Gasteiger partial charge >= 0.3 is 12.1 Å². The standard InChI is InChI=1S/C22H23F3N6O3/c1-2-3-17(30-18-6-4-15(11-27-18)21(34)26-9-8-20(32)33)14-5-7-19(28-10-14)31-13-16(12-29-31)22(23,24)25/h4-7,10-13,17H,2-3,8-9H2,1H3,(H,26,34)(H,27,30)(H,32,33). The molecule has 3 N–H and O–H groups in total. The quantitative estimate of drug-likeness (QED) is 0.406. The number of aromatic nitrogens is 4. The Hall–Kier alpha value is -3.96. The molecule has 1 unspecified atom stereocenters. The lowest BCUT2D eigenvalue weighted by atomic mass is 10.0. The summed E-state index contributed by atoms with van der Waals surface area (Å²) in [6.07, 6.45) is 1.52. The smallest absolute Gasteiger partial charge is 0.419 e. The maximum absolute atomic E-state index is 12.8. The van der Waals surface area contributed by atoms with Crippen LogP contribution in [0, 0.1) is 0 Å². The van der Waals surface area contributed by atoms with E-state index in [1.165, 1.54) is 6.20 Å². The van der Waals surface area contributed by atoms with Crippen molar-refractivity contribution in [2.24, 2.45) is 0 Å². The lowest BCUT2D eigenvalue weighted by Crippen LogP contribution is -2.26. The van der Waals surface area contributed by atoms with Crippen LogP contribution in [0.25, 0.3) is 5.82 Å². The molecule has 0 aliphatic carbocycles. The van der Waals surface area contributed by atoms with Gasteiger partial charge in [-0.1, -0.05) is 19.4 Å². The number of pyridine rings is 2. The molecule has 0 saturated carbocycles. The van der Waals surface area contributed by atoms with E-state index in [0.717, 1.165) is 35.5 Å². The molecule has 3 heterocycles. The van der Waals surface area contributed by atoms with Crippen molar-refractivity contribution in [3.05, 3.63) is 65.7 Å². The van der Waals surface area contributed by atoms with Crippen LogP contribution in [0.2, 0.25) is 0 Å². The maximum atomic E-state index is 12.8. The molecular weight excluding hydrogens is 453 g/mol. The molecule has 9 nitrogen and oxygen atoms in total. The van der Waals surface area contributed by atoms with E-state index in [1.54, 1.807) is 30.5 Å². The SMILES string of the molecule is CCCC(Nc1ccc(C(=O)NCCC(=O)O)cn1)c1ccc(-n2cc(C(F)(F)F)cn2)nc1. The molecule has 3 rings (SSSR count). The Balaban J connectivity index is 1.67. The first-order valence-electron chi connectivity index (χ1n) is 10.5. The van der Waals surface area contributed by atoms with Crippen molar-refractivity contribution in [1.29, 1.82) is 0 Å². The summed E-state index contributed by atoms with van der Waals surface area (Å²) in [5.74, 6) is -0.645. The normalized spacial score (nSPS) is 12.2. The monoisotopic (exact) mass is 476 g/mol. The Morgan fingerprint density at radius 2 is 1.91 bits per heavy atom. The molecule has 34 heavy (non-hydrogen) atoms. The fourth-order valence-corrected chi connectivity index (χ4v) is 3.12. The second-order valence-electron chi connectivity index (χ2n) is 7.44. The Labute approximate surface area is 193 Å². The molecule has 0 radical (unpaired) electrons. The number of halogens is 3. The number of aliphatic carboxylic acids is 1. The molecule has 12 heteroatoms. The van der Waals surface area contributed by atoms with E-state index in [0.29, 0.717) is 11.4 Å². The largest absolute Gasteiger partial charge is 0.481 e. The Bertz CT molecular complexity index is 1110. The van der Waals surface area contributed by atoms with Crippen molar-refractivity contribution >= 4 is 17.7 Å². The number of anilines is 1. The number of amides is 1. The molecule has 3 aromatic rings. The first kappa shape index (κ1) is 24.7. The van der Waals surface area contributed by atoms with Gasteiger partial charge in [-0.3, -0.25) is 9.59 Å². The van der Waals surface area contributed by atoms with Crippen LogP contribution in [0.4, 0.5) is 19.0 Å². The molecule has 0 saturated heterocycles. The van der Waals surface area contributed by atoms with Crippen LogP contribution in [0.1, 0.15) is 53.7 Å². The van der Waals surface area contributed by atoms with Crippen molar-refractivity contribution in [3.8, 4) is 5.82 Å². The average molecular weight is 476 g/mol. The summed E-state index contributed by atoms with van der Waals surface area (Å²) >= 11 is 0. The van der Waals surface area contributed by atoms with Gasteiger partial charge in [0.25, 0.3) is 5.91 Å². The van der Waals surface area contributed by atoms with Crippen LogP contribution >= 0.6 is 0 Å². The van der Waals surface area contributed by atoms with Crippen LogP contribution < -0.4 is 10.6 Å². The van der Waals surface area contributed by atoms with Gasteiger partial charge in [0, 0.05) is 25.1 Å². The van der Waals surface area contributed by atoms with Crippen LogP contribution in [0.3, 0.4) is 0 Å². The number of nitrogens with one attached hydrogen (secondary N) is 2. The van der Waals surface area contributed by atoms with Crippen LogP contribution in [-0.2, 0) is 11.0 Å². The number of nitrogens with zero attached hydrogens (tertiary/aromatic N) is 4. The molecule has 1 amide bonds. The van der Waals surface area contributed by atoms with E-state index in [4.69, 9.17) is 5.11 Å².